The van der Waals surface area contributed by atoms with Crippen LogP contribution in [0.15, 0.2) is 59.3 Å². The zero-order chi connectivity index (χ0) is 22.7. The highest BCUT2D eigenvalue weighted by molar-refractivity contribution is 6.48. The summed E-state index contributed by atoms with van der Waals surface area (Å²) in [6, 6.07) is 14.3. The number of hydrogen-bond donors (Lipinski definition) is 2. The standard InChI is InChI=1S/C25H26ClN3O3/c1-2-16-11-13-18(14-12-16)28-23(30)17-7-6-8-19(15-17)27-22-21(26)24(31)29(25(22)32)20-9-4-3-5-10-20/h6-8,11-15,20,27H,2-5,9-10H2,1H3,(H,28,30). The third-order valence-corrected chi connectivity index (χ3v) is 6.36. The van der Waals surface area contributed by atoms with Gasteiger partial charge in [0.25, 0.3) is 17.7 Å². The van der Waals surface area contributed by atoms with Crippen molar-refractivity contribution in [1.82, 2.24) is 4.90 Å². The summed E-state index contributed by atoms with van der Waals surface area (Å²) in [5.41, 5.74) is 2.90. The Morgan fingerprint density at radius 2 is 1.72 bits per heavy atom. The largest absolute Gasteiger partial charge is 0.350 e. The zero-order valence-corrected chi connectivity index (χ0v) is 18.7. The number of carbonyl (C=O) groups is 3. The van der Waals surface area contributed by atoms with Gasteiger partial charge in [-0.1, -0.05) is 56.0 Å². The first-order valence-electron chi connectivity index (χ1n) is 11.0. The molecule has 1 saturated carbocycles. The molecule has 0 spiro atoms. The van der Waals surface area contributed by atoms with Crippen LogP contribution in [0.4, 0.5) is 11.4 Å². The summed E-state index contributed by atoms with van der Waals surface area (Å²) in [6.45, 7) is 2.07. The molecule has 1 aliphatic carbocycles. The minimum Gasteiger partial charge on any atom is -0.350 e. The number of aryl methyl sites for hydroxylation is 1. The number of nitrogens with one attached hydrogen (secondary N) is 2. The van der Waals surface area contributed by atoms with Crippen molar-refractivity contribution in [3.63, 3.8) is 0 Å². The first-order chi connectivity index (χ1) is 15.5. The van der Waals surface area contributed by atoms with Crippen LogP contribution in [-0.2, 0) is 16.0 Å². The van der Waals surface area contributed by atoms with Crippen molar-refractivity contribution >= 4 is 40.7 Å². The number of benzene rings is 2. The lowest BCUT2D eigenvalue weighted by atomic mass is 9.94. The molecule has 0 unspecified atom stereocenters. The Hall–Kier alpha value is -3.12. The van der Waals surface area contributed by atoms with E-state index in [2.05, 4.69) is 17.6 Å². The fraction of sp³-hybridized carbons (Fsp3) is 0.320. The summed E-state index contributed by atoms with van der Waals surface area (Å²) in [6.07, 6.45) is 5.67. The van der Waals surface area contributed by atoms with Crippen LogP contribution in [0.3, 0.4) is 0 Å². The Kier molecular flexibility index (Phi) is 6.61. The van der Waals surface area contributed by atoms with E-state index in [-0.39, 0.29) is 22.7 Å². The van der Waals surface area contributed by atoms with Gasteiger partial charge in [-0.05, 0) is 55.2 Å². The van der Waals surface area contributed by atoms with E-state index in [1.165, 1.54) is 10.5 Å². The van der Waals surface area contributed by atoms with Crippen molar-refractivity contribution in [3.8, 4) is 0 Å². The van der Waals surface area contributed by atoms with Gasteiger partial charge in [-0.25, -0.2) is 0 Å². The lowest BCUT2D eigenvalue weighted by Gasteiger charge is -2.29. The second kappa shape index (κ2) is 9.57. The van der Waals surface area contributed by atoms with Gasteiger partial charge >= 0.3 is 0 Å². The number of imide groups is 1. The van der Waals surface area contributed by atoms with Crippen molar-refractivity contribution in [2.45, 2.75) is 51.5 Å². The molecule has 2 aromatic carbocycles. The molecule has 0 atom stereocenters. The summed E-state index contributed by atoms with van der Waals surface area (Å²) >= 11 is 6.25. The highest BCUT2D eigenvalue weighted by Crippen LogP contribution is 2.32. The molecule has 0 saturated heterocycles. The lowest BCUT2D eigenvalue weighted by Crippen LogP contribution is -2.42. The fourth-order valence-electron chi connectivity index (χ4n) is 4.21. The van der Waals surface area contributed by atoms with Crippen LogP contribution in [-0.4, -0.2) is 28.7 Å². The van der Waals surface area contributed by atoms with Gasteiger partial charge in [-0.3, -0.25) is 19.3 Å². The molecule has 1 aliphatic heterocycles. The van der Waals surface area contributed by atoms with E-state index >= 15 is 0 Å². The summed E-state index contributed by atoms with van der Waals surface area (Å²) in [7, 11) is 0. The van der Waals surface area contributed by atoms with Crippen LogP contribution < -0.4 is 10.6 Å². The molecule has 4 rings (SSSR count). The average molecular weight is 452 g/mol. The van der Waals surface area contributed by atoms with Crippen LogP contribution in [0.25, 0.3) is 0 Å². The molecule has 0 radical (unpaired) electrons. The SMILES string of the molecule is CCc1ccc(NC(=O)c2cccc(NC3=C(Cl)C(=O)N(C4CCCCC4)C3=O)c2)cc1. The van der Waals surface area contributed by atoms with Crippen LogP contribution >= 0.6 is 11.6 Å². The Morgan fingerprint density at radius 3 is 2.41 bits per heavy atom. The minimum absolute atomic E-state index is 0.0648. The Bertz CT molecular complexity index is 1070. The van der Waals surface area contributed by atoms with Crippen molar-refractivity contribution in [2.75, 3.05) is 10.6 Å². The van der Waals surface area contributed by atoms with E-state index in [1.54, 1.807) is 24.3 Å². The quantitative estimate of drug-likeness (QED) is 0.601. The summed E-state index contributed by atoms with van der Waals surface area (Å²) in [5, 5.41) is 5.74. The summed E-state index contributed by atoms with van der Waals surface area (Å²) < 4.78 is 0. The van der Waals surface area contributed by atoms with E-state index in [9.17, 15) is 14.4 Å². The molecule has 0 aromatic heterocycles. The number of halogens is 1. The Morgan fingerprint density at radius 1 is 1.00 bits per heavy atom. The monoisotopic (exact) mass is 451 g/mol. The maximum absolute atomic E-state index is 13.0. The maximum Gasteiger partial charge on any atom is 0.279 e. The van der Waals surface area contributed by atoms with Crippen molar-refractivity contribution in [2.24, 2.45) is 0 Å². The molecule has 1 heterocycles. The number of carbonyl (C=O) groups excluding carboxylic acids is 3. The number of nitrogens with zero attached hydrogens (tertiary/aromatic N) is 1. The van der Waals surface area contributed by atoms with Crippen molar-refractivity contribution < 1.29 is 14.4 Å². The Labute approximate surface area is 192 Å². The molecule has 32 heavy (non-hydrogen) atoms. The van der Waals surface area contributed by atoms with Gasteiger partial charge < -0.3 is 10.6 Å². The first kappa shape index (κ1) is 22.1. The first-order valence-corrected chi connectivity index (χ1v) is 11.4. The van der Waals surface area contributed by atoms with Crippen LogP contribution in [0, 0.1) is 0 Å². The van der Waals surface area contributed by atoms with Crippen molar-refractivity contribution in [3.05, 3.63) is 70.4 Å². The van der Waals surface area contributed by atoms with Gasteiger partial charge in [0.2, 0.25) is 0 Å². The molecule has 166 valence electrons. The third kappa shape index (κ3) is 4.55. The fourth-order valence-corrected chi connectivity index (χ4v) is 4.43. The van der Waals surface area contributed by atoms with Crippen LogP contribution in [0.2, 0.25) is 0 Å². The molecule has 1 fully saturated rings. The Balaban J connectivity index is 1.47. The van der Waals surface area contributed by atoms with Gasteiger partial charge in [0.15, 0.2) is 0 Å². The van der Waals surface area contributed by atoms with E-state index in [0.29, 0.717) is 16.9 Å². The molecular weight excluding hydrogens is 426 g/mol. The molecule has 7 heteroatoms. The highest BCUT2D eigenvalue weighted by atomic mass is 35.5. The smallest absolute Gasteiger partial charge is 0.279 e. The number of hydrogen-bond acceptors (Lipinski definition) is 4. The van der Waals surface area contributed by atoms with Gasteiger partial charge in [0.1, 0.15) is 10.7 Å². The van der Waals surface area contributed by atoms with Gasteiger partial charge in [0.05, 0.1) is 0 Å². The third-order valence-electron chi connectivity index (χ3n) is 6.01. The molecule has 2 aliphatic rings. The van der Waals surface area contributed by atoms with Gasteiger partial charge in [-0.2, -0.15) is 0 Å². The second-order valence-corrected chi connectivity index (χ2v) is 8.55. The van der Waals surface area contributed by atoms with Crippen LogP contribution in [0.1, 0.15) is 54.9 Å². The zero-order valence-electron chi connectivity index (χ0n) is 18.0. The normalized spacial score (nSPS) is 17.1. The lowest BCUT2D eigenvalue weighted by molar-refractivity contribution is -0.140. The van der Waals surface area contributed by atoms with Crippen molar-refractivity contribution in [1.29, 1.82) is 0 Å². The molecule has 0 bridgehead atoms. The maximum atomic E-state index is 13.0. The minimum atomic E-state index is -0.449. The highest BCUT2D eigenvalue weighted by Gasteiger charge is 2.42. The molecule has 2 N–H and O–H groups in total. The van der Waals surface area contributed by atoms with Gasteiger partial charge in [0, 0.05) is 23.0 Å². The molecule has 6 nitrogen and oxygen atoms in total. The van der Waals surface area contributed by atoms with E-state index in [0.717, 1.165) is 38.5 Å². The average Bonchev–Trinajstić information content (AvgIpc) is 3.03. The summed E-state index contributed by atoms with van der Waals surface area (Å²) in [5.74, 6) is -1.12. The number of anilines is 2. The number of rotatable bonds is 6. The van der Waals surface area contributed by atoms with E-state index in [4.69, 9.17) is 11.6 Å². The van der Waals surface area contributed by atoms with E-state index in [1.807, 2.05) is 24.3 Å². The topological polar surface area (TPSA) is 78.5 Å². The second-order valence-electron chi connectivity index (χ2n) is 8.17. The predicted molar refractivity (Wildman–Crippen MR) is 125 cm³/mol. The van der Waals surface area contributed by atoms with Gasteiger partial charge in [-0.15, -0.1) is 0 Å². The van der Waals surface area contributed by atoms with E-state index < -0.39 is 11.8 Å². The predicted octanol–water partition coefficient (Wildman–Crippen LogP) is 5.07. The summed E-state index contributed by atoms with van der Waals surface area (Å²) in [4.78, 5) is 39.6. The molecule has 2 aromatic rings. The van der Waals surface area contributed by atoms with Crippen LogP contribution in [0.5, 0.6) is 0 Å². The molecular formula is C25H26ClN3O3. The molecule has 3 amide bonds. The number of amides is 3.